The first kappa shape index (κ1) is 22.4. The molecule has 3 aromatic rings. The van der Waals surface area contributed by atoms with E-state index in [1.165, 1.54) is 6.07 Å². The molecule has 0 amide bonds. The highest BCUT2D eigenvalue weighted by atomic mass is 35.5. The standard InChI is InChI=1S/C23H25ClN4O3/c1-4-30-21-11-16(9-10-20(21)31-14-17-7-5-6-8-18(17)24)13-25-28-23-26-19(15(2)3)12-22(29)27-23/h5-13,15H,4,14H2,1-3H3,(H2,26,27,28,29)/b25-13-. The van der Waals surface area contributed by atoms with Crippen molar-refractivity contribution in [1.29, 1.82) is 0 Å². The summed E-state index contributed by atoms with van der Waals surface area (Å²) in [5.74, 6) is 1.64. The molecule has 0 aliphatic heterocycles. The molecule has 8 heteroatoms. The number of nitrogens with one attached hydrogen (secondary N) is 2. The normalized spacial score (nSPS) is 11.1. The van der Waals surface area contributed by atoms with Crippen LogP contribution in [-0.4, -0.2) is 22.8 Å². The van der Waals surface area contributed by atoms with Crippen LogP contribution in [0.1, 0.15) is 43.5 Å². The molecule has 0 aliphatic carbocycles. The number of aromatic amines is 1. The van der Waals surface area contributed by atoms with Crippen molar-refractivity contribution < 1.29 is 9.47 Å². The van der Waals surface area contributed by atoms with Crippen LogP contribution >= 0.6 is 11.6 Å². The van der Waals surface area contributed by atoms with E-state index in [1.807, 2.05) is 63.2 Å². The zero-order valence-electron chi connectivity index (χ0n) is 17.7. The molecule has 1 heterocycles. The Morgan fingerprint density at radius 3 is 2.71 bits per heavy atom. The summed E-state index contributed by atoms with van der Waals surface area (Å²) in [5.41, 5.74) is 4.92. The summed E-state index contributed by atoms with van der Waals surface area (Å²) in [4.78, 5) is 18.7. The average molecular weight is 441 g/mol. The van der Waals surface area contributed by atoms with Gasteiger partial charge in [0.25, 0.3) is 5.56 Å². The van der Waals surface area contributed by atoms with Crippen LogP contribution < -0.4 is 20.5 Å². The number of anilines is 1. The van der Waals surface area contributed by atoms with Crippen molar-refractivity contribution >= 4 is 23.8 Å². The summed E-state index contributed by atoms with van der Waals surface area (Å²) < 4.78 is 11.6. The number of aromatic nitrogens is 2. The Kier molecular flexibility index (Phi) is 7.67. The van der Waals surface area contributed by atoms with Crippen molar-refractivity contribution in [2.45, 2.75) is 33.3 Å². The van der Waals surface area contributed by atoms with Crippen LogP contribution in [-0.2, 0) is 6.61 Å². The predicted octanol–water partition coefficient (Wildman–Crippen LogP) is 4.97. The molecule has 0 atom stereocenters. The lowest BCUT2D eigenvalue weighted by molar-refractivity contribution is 0.269. The molecule has 2 aromatic carbocycles. The Bertz CT molecular complexity index is 1110. The van der Waals surface area contributed by atoms with Gasteiger partial charge in [0, 0.05) is 16.7 Å². The summed E-state index contributed by atoms with van der Waals surface area (Å²) >= 11 is 6.20. The minimum absolute atomic E-state index is 0.138. The Balaban J connectivity index is 1.71. The lowest BCUT2D eigenvalue weighted by Crippen LogP contribution is -2.12. The maximum absolute atomic E-state index is 11.8. The van der Waals surface area contributed by atoms with Gasteiger partial charge in [-0.05, 0) is 42.7 Å². The predicted molar refractivity (Wildman–Crippen MR) is 124 cm³/mol. The first-order valence-electron chi connectivity index (χ1n) is 9.99. The van der Waals surface area contributed by atoms with Crippen molar-refractivity contribution in [2.24, 2.45) is 5.10 Å². The van der Waals surface area contributed by atoms with Crippen LogP contribution in [0.2, 0.25) is 5.02 Å². The van der Waals surface area contributed by atoms with Gasteiger partial charge in [-0.3, -0.25) is 9.78 Å². The lowest BCUT2D eigenvalue weighted by atomic mass is 10.1. The number of benzene rings is 2. The molecule has 0 radical (unpaired) electrons. The second-order valence-corrected chi connectivity index (χ2v) is 7.47. The van der Waals surface area contributed by atoms with E-state index in [9.17, 15) is 4.79 Å². The highest BCUT2D eigenvalue weighted by Crippen LogP contribution is 2.29. The van der Waals surface area contributed by atoms with E-state index in [2.05, 4.69) is 20.5 Å². The molecule has 31 heavy (non-hydrogen) atoms. The second kappa shape index (κ2) is 10.6. The minimum atomic E-state index is -0.227. The molecule has 3 rings (SSSR count). The third-order valence-electron chi connectivity index (χ3n) is 4.35. The topological polar surface area (TPSA) is 88.6 Å². The number of hydrazone groups is 1. The maximum atomic E-state index is 11.8. The highest BCUT2D eigenvalue weighted by Gasteiger charge is 2.08. The Hall–Kier alpha value is -3.32. The fourth-order valence-electron chi connectivity index (χ4n) is 2.76. The first-order chi connectivity index (χ1) is 15.0. The highest BCUT2D eigenvalue weighted by molar-refractivity contribution is 6.31. The fourth-order valence-corrected chi connectivity index (χ4v) is 2.95. The summed E-state index contributed by atoms with van der Waals surface area (Å²) in [5, 5.41) is 4.82. The Morgan fingerprint density at radius 1 is 1.16 bits per heavy atom. The summed E-state index contributed by atoms with van der Waals surface area (Å²) in [7, 11) is 0. The van der Waals surface area contributed by atoms with E-state index in [1.54, 1.807) is 6.21 Å². The van der Waals surface area contributed by atoms with Gasteiger partial charge in [-0.1, -0.05) is 43.6 Å². The largest absolute Gasteiger partial charge is 0.490 e. The van der Waals surface area contributed by atoms with Gasteiger partial charge in [-0.15, -0.1) is 0 Å². The Morgan fingerprint density at radius 2 is 1.97 bits per heavy atom. The molecule has 0 aliphatic rings. The maximum Gasteiger partial charge on any atom is 0.252 e. The zero-order valence-corrected chi connectivity index (χ0v) is 18.4. The van der Waals surface area contributed by atoms with Gasteiger partial charge in [-0.2, -0.15) is 5.10 Å². The van der Waals surface area contributed by atoms with Crippen LogP contribution in [0.25, 0.3) is 0 Å². The smallest absolute Gasteiger partial charge is 0.252 e. The van der Waals surface area contributed by atoms with E-state index in [0.717, 1.165) is 11.1 Å². The number of H-pyrrole nitrogens is 1. The third kappa shape index (κ3) is 6.33. The molecule has 0 bridgehead atoms. The van der Waals surface area contributed by atoms with Crippen molar-refractivity contribution in [3.63, 3.8) is 0 Å². The second-order valence-electron chi connectivity index (χ2n) is 7.06. The summed E-state index contributed by atoms with van der Waals surface area (Å²) in [6.45, 7) is 6.68. The number of rotatable bonds is 9. The van der Waals surface area contributed by atoms with Crippen molar-refractivity contribution in [3.8, 4) is 11.5 Å². The van der Waals surface area contributed by atoms with E-state index in [0.29, 0.717) is 35.4 Å². The van der Waals surface area contributed by atoms with Crippen LogP contribution in [0.3, 0.4) is 0 Å². The third-order valence-corrected chi connectivity index (χ3v) is 4.71. The summed E-state index contributed by atoms with van der Waals surface area (Å²) in [6, 6.07) is 14.5. The number of hydrogen-bond donors (Lipinski definition) is 2. The van der Waals surface area contributed by atoms with E-state index < -0.39 is 0 Å². The number of ether oxygens (including phenoxy) is 2. The molecule has 2 N–H and O–H groups in total. The van der Waals surface area contributed by atoms with Gasteiger partial charge in [0.2, 0.25) is 5.95 Å². The lowest BCUT2D eigenvalue weighted by Gasteiger charge is -2.13. The first-order valence-corrected chi connectivity index (χ1v) is 10.4. The van der Waals surface area contributed by atoms with Crippen molar-refractivity contribution in [3.05, 3.63) is 80.7 Å². The van der Waals surface area contributed by atoms with Crippen molar-refractivity contribution in [2.75, 3.05) is 12.0 Å². The molecular weight excluding hydrogens is 416 g/mol. The molecule has 7 nitrogen and oxygen atoms in total. The summed E-state index contributed by atoms with van der Waals surface area (Å²) in [6.07, 6.45) is 1.61. The molecule has 0 fully saturated rings. The minimum Gasteiger partial charge on any atom is -0.490 e. The van der Waals surface area contributed by atoms with Gasteiger partial charge in [-0.25, -0.2) is 10.4 Å². The molecule has 162 valence electrons. The molecule has 0 saturated carbocycles. The van der Waals surface area contributed by atoms with Gasteiger partial charge in [0.1, 0.15) is 6.61 Å². The number of nitrogens with zero attached hydrogens (tertiary/aromatic N) is 2. The molecule has 0 saturated heterocycles. The number of hydrogen-bond acceptors (Lipinski definition) is 6. The zero-order chi connectivity index (χ0) is 22.2. The average Bonchev–Trinajstić information content (AvgIpc) is 2.74. The van der Waals surface area contributed by atoms with Gasteiger partial charge in [0.15, 0.2) is 11.5 Å². The quantitative estimate of drug-likeness (QED) is 0.362. The molecule has 0 spiro atoms. The van der Waals surface area contributed by atoms with Crippen molar-refractivity contribution in [1.82, 2.24) is 9.97 Å². The van der Waals surface area contributed by atoms with Crippen LogP contribution in [0.5, 0.6) is 11.5 Å². The van der Waals surface area contributed by atoms with E-state index in [4.69, 9.17) is 21.1 Å². The van der Waals surface area contributed by atoms with Crippen LogP contribution in [0, 0.1) is 0 Å². The molecular formula is C23H25ClN4O3. The van der Waals surface area contributed by atoms with Gasteiger partial charge < -0.3 is 9.47 Å². The monoisotopic (exact) mass is 440 g/mol. The van der Waals surface area contributed by atoms with E-state index >= 15 is 0 Å². The Labute approximate surface area is 186 Å². The van der Waals surface area contributed by atoms with E-state index in [-0.39, 0.29) is 17.4 Å². The van der Waals surface area contributed by atoms with Gasteiger partial charge >= 0.3 is 0 Å². The molecule has 1 aromatic heterocycles. The molecule has 0 unspecified atom stereocenters. The van der Waals surface area contributed by atoms with Crippen LogP contribution in [0.15, 0.2) is 58.4 Å². The SMILES string of the molecule is CCOc1cc(/C=N\Nc2nc(C(C)C)cc(=O)[nH]2)ccc1OCc1ccccc1Cl. The van der Waals surface area contributed by atoms with Gasteiger partial charge in [0.05, 0.1) is 18.5 Å². The van der Waals surface area contributed by atoms with Crippen LogP contribution in [0.4, 0.5) is 5.95 Å². The number of halogens is 1. The fraction of sp³-hybridized carbons (Fsp3) is 0.261.